The zero-order chi connectivity index (χ0) is 28.7. The van der Waals surface area contributed by atoms with Crippen molar-refractivity contribution >= 4 is 51.1 Å². The van der Waals surface area contributed by atoms with Crippen molar-refractivity contribution in [2.45, 2.75) is 48.0 Å². The standard InChI is InChI=1S/C25H25Cl3FN3O3S.CH2O2/c1-32(2)22-10-16(15-3-5-18(26)19(27)9-15)4-6-23(22)35-24-12-21(29)25(11-20(24)28)36(33,34)13-17-7-8-30-14-31-17;2-1-3/h3,5,7-9,11-12,14,16,22-23H,4,6,10,13H2,1-2H3;1H,(H,2,3)/t16-,22-,23-;/m0./s1. The molecule has 4 rings (SSSR count). The Kier molecular flexibility index (Phi) is 10.9. The largest absolute Gasteiger partial charge is 0.487 e. The van der Waals surface area contributed by atoms with Crippen molar-refractivity contribution in [1.29, 1.82) is 0 Å². The highest BCUT2D eigenvalue weighted by Crippen LogP contribution is 2.40. The number of likely N-dealkylation sites (N-methyl/N-ethyl adjacent to an activating group) is 1. The molecule has 13 heteroatoms. The SMILES string of the molecule is CN(C)[C@H]1C[C@@H](c2ccc(Cl)c(Cl)c2)CC[C@@H]1Oc1cc(F)c(S(=O)(=O)Cc2ccncn2)cc1Cl.O=CO. The molecule has 0 aliphatic heterocycles. The van der Waals surface area contributed by atoms with E-state index in [2.05, 4.69) is 14.9 Å². The molecule has 0 radical (unpaired) electrons. The Bertz CT molecular complexity index is 1400. The van der Waals surface area contributed by atoms with Crippen molar-refractivity contribution in [2.24, 2.45) is 0 Å². The summed E-state index contributed by atoms with van der Waals surface area (Å²) in [6.07, 6.45) is 4.72. The van der Waals surface area contributed by atoms with Gasteiger partial charge in [-0.25, -0.2) is 22.8 Å². The van der Waals surface area contributed by atoms with E-state index in [1.54, 1.807) is 6.07 Å². The van der Waals surface area contributed by atoms with Gasteiger partial charge in [0.15, 0.2) is 9.84 Å². The minimum absolute atomic E-state index is 0.0125. The summed E-state index contributed by atoms with van der Waals surface area (Å²) in [5.41, 5.74) is 1.37. The summed E-state index contributed by atoms with van der Waals surface area (Å²) in [5, 5.41) is 7.95. The number of halogens is 4. The first-order valence-corrected chi connectivity index (χ1v) is 14.6. The van der Waals surface area contributed by atoms with Gasteiger partial charge in [0.25, 0.3) is 6.47 Å². The van der Waals surface area contributed by atoms with Crippen LogP contribution in [0.2, 0.25) is 15.1 Å². The number of hydrogen-bond acceptors (Lipinski definition) is 7. The molecule has 0 saturated heterocycles. The van der Waals surface area contributed by atoms with E-state index in [-0.39, 0.29) is 41.0 Å². The van der Waals surface area contributed by atoms with E-state index in [4.69, 9.17) is 49.4 Å². The molecular formula is C26H27Cl3FN3O5S. The van der Waals surface area contributed by atoms with Gasteiger partial charge in [0.2, 0.25) is 0 Å². The van der Waals surface area contributed by atoms with Crippen molar-refractivity contribution < 1.29 is 27.4 Å². The summed E-state index contributed by atoms with van der Waals surface area (Å²) >= 11 is 18.7. The van der Waals surface area contributed by atoms with E-state index in [1.165, 1.54) is 18.6 Å². The van der Waals surface area contributed by atoms with E-state index in [0.29, 0.717) is 16.5 Å². The molecule has 2 aromatic carbocycles. The van der Waals surface area contributed by atoms with Gasteiger partial charge in [-0.2, -0.15) is 0 Å². The van der Waals surface area contributed by atoms with Gasteiger partial charge in [0.05, 0.1) is 26.5 Å². The molecule has 210 valence electrons. The van der Waals surface area contributed by atoms with Crippen molar-refractivity contribution in [3.8, 4) is 5.75 Å². The maximum Gasteiger partial charge on any atom is 0.290 e. The Morgan fingerprint density at radius 2 is 1.82 bits per heavy atom. The van der Waals surface area contributed by atoms with E-state index in [1.807, 2.05) is 26.2 Å². The van der Waals surface area contributed by atoms with Crippen LogP contribution in [-0.4, -0.2) is 61.1 Å². The monoisotopic (exact) mass is 617 g/mol. The number of carboxylic acid groups (broad SMARTS) is 1. The lowest BCUT2D eigenvalue weighted by Gasteiger charge is -2.40. The molecule has 1 aliphatic rings. The number of carbonyl (C=O) groups is 1. The Hall–Kier alpha value is -2.50. The van der Waals surface area contributed by atoms with Gasteiger partial charge >= 0.3 is 0 Å². The minimum atomic E-state index is -4.02. The average Bonchev–Trinajstić information content (AvgIpc) is 2.88. The number of rotatable bonds is 7. The second kappa shape index (κ2) is 13.7. The summed E-state index contributed by atoms with van der Waals surface area (Å²) in [5.74, 6) is -1.02. The molecule has 39 heavy (non-hydrogen) atoms. The van der Waals surface area contributed by atoms with Crippen LogP contribution in [0, 0.1) is 5.82 Å². The summed E-state index contributed by atoms with van der Waals surface area (Å²) in [7, 11) is -0.0957. The normalized spacial score (nSPS) is 19.2. The third kappa shape index (κ3) is 8.02. The maximum absolute atomic E-state index is 15.0. The Morgan fingerprint density at radius 1 is 1.10 bits per heavy atom. The second-order valence-electron chi connectivity index (χ2n) is 9.15. The van der Waals surface area contributed by atoms with Gasteiger partial charge in [0.1, 0.15) is 28.9 Å². The number of benzene rings is 2. The van der Waals surface area contributed by atoms with Crippen LogP contribution in [0.25, 0.3) is 0 Å². The molecule has 3 atom stereocenters. The Morgan fingerprint density at radius 3 is 2.44 bits per heavy atom. The molecule has 0 spiro atoms. The molecule has 8 nitrogen and oxygen atoms in total. The molecule has 0 amide bonds. The number of aromatic nitrogens is 2. The van der Waals surface area contributed by atoms with Crippen LogP contribution in [0.4, 0.5) is 4.39 Å². The van der Waals surface area contributed by atoms with Gasteiger partial charge in [-0.3, -0.25) is 4.79 Å². The van der Waals surface area contributed by atoms with Crippen LogP contribution < -0.4 is 4.74 Å². The summed E-state index contributed by atoms with van der Waals surface area (Å²) in [4.78, 5) is 17.6. The smallest absolute Gasteiger partial charge is 0.290 e. The first kappa shape index (κ1) is 31.0. The van der Waals surface area contributed by atoms with Crippen LogP contribution in [-0.2, 0) is 20.4 Å². The average molecular weight is 619 g/mol. The lowest BCUT2D eigenvalue weighted by Crippen LogP contribution is -2.46. The Balaban J connectivity index is 0.00000134. The first-order chi connectivity index (χ1) is 18.5. The van der Waals surface area contributed by atoms with Crippen molar-refractivity contribution in [2.75, 3.05) is 14.1 Å². The highest BCUT2D eigenvalue weighted by Gasteiger charge is 2.35. The summed E-state index contributed by atoms with van der Waals surface area (Å²) < 4.78 is 46.8. The van der Waals surface area contributed by atoms with Crippen LogP contribution in [0.1, 0.15) is 36.4 Å². The second-order valence-corrected chi connectivity index (χ2v) is 12.3. The third-order valence-electron chi connectivity index (χ3n) is 6.41. The van der Waals surface area contributed by atoms with E-state index >= 15 is 4.39 Å². The maximum atomic E-state index is 15.0. The fourth-order valence-electron chi connectivity index (χ4n) is 4.55. The van der Waals surface area contributed by atoms with E-state index in [9.17, 15) is 8.42 Å². The minimum Gasteiger partial charge on any atom is -0.487 e. The number of ether oxygens (including phenoxy) is 1. The molecule has 1 saturated carbocycles. The van der Waals surface area contributed by atoms with Crippen LogP contribution in [0.15, 0.2) is 53.8 Å². The van der Waals surface area contributed by atoms with Crippen molar-refractivity contribution in [3.05, 3.63) is 81.1 Å². The number of hydrogen-bond donors (Lipinski definition) is 1. The molecule has 1 N–H and O–H groups in total. The molecule has 3 aromatic rings. The zero-order valence-corrected chi connectivity index (χ0v) is 24.2. The number of nitrogens with zero attached hydrogens (tertiary/aromatic N) is 3. The molecular weight excluding hydrogens is 592 g/mol. The van der Waals surface area contributed by atoms with Gasteiger partial charge in [-0.1, -0.05) is 40.9 Å². The van der Waals surface area contributed by atoms with Crippen LogP contribution in [0.5, 0.6) is 5.75 Å². The van der Waals surface area contributed by atoms with E-state index in [0.717, 1.165) is 30.5 Å². The highest BCUT2D eigenvalue weighted by molar-refractivity contribution is 7.90. The third-order valence-corrected chi connectivity index (χ3v) is 9.11. The van der Waals surface area contributed by atoms with Crippen LogP contribution >= 0.6 is 34.8 Å². The van der Waals surface area contributed by atoms with E-state index < -0.39 is 26.3 Å². The fraction of sp³-hybridized carbons (Fsp3) is 0.346. The quantitative estimate of drug-likeness (QED) is 0.326. The lowest BCUT2D eigenvalue weighted by molar-refractivity contribution is -0.122. The van der Waals surface area contributed by atoms with Gasteiger partial charge in [-0.15, -0.1) is 0 Å². The predicted octanol–water partition coefficient (Wildman–Crippen LogP) is 5.90. The van der Waals surface area contributed by atoms with Crippen molar-refractivity contribution in [1.82, 2.24) is 14.9 Å². The molecule has 1 aromatic heterocycles. The molecule has 0 bridgehead atoms. The molecule has 1 aliphatic carbocycles. The fourth-order valence-corrected chi connectivity index (χ4v) is 6.50. The highest BCUT2D eigenvalue weighted by atomic mass is 35.5. The molecule has 1 fully saturated rings. The number of sulfone groups is 1. The zero-order valence-electron chi connectivity index (χ0n) is 21.1. The summed E-state index contributed by atoms with van der Waals surface area (Å²) in [6.45, 7) is -0.250. The first-order valence-electron chi connectivity index (χ1n) is 11.8. The Labute approximate surface area is 241 Å². The van der Waals surface area contributed by atoms with Gasteiger partial charge in [-0.05, 0) is 69.1 Å². The van der Waals surface area contributed by atoms with Gasteiger partial charge < -0.3 is 14.7 Å². The van der Waals surface area contributed by atoms with Crippen molar-refractivity contribution in [3.63, 3.8) is 0 Å². The molecule has 0 unspecified atom stereocenters. The summed E-state index contributed by atoms with van der Waals surface area (Å²) in [6, 6.07) is 9.31. The lowest BCUT2D eigenvalue weighted by atomic mass is 9.79. The van der Waals surface area contributed by atoms with Gasteiger partial charge in [0, 0.05) is 18.3 Å². The van der Waals surface area contributed by atoms with Crippen LogP contribution in [0.3, 0.4) is 0 Å². The molecule has 1 heterocycles. The predicted molar refractivity (Wildman–Crippen MR) is 148 cm³/mol. The topological polar surface area (TPSA) is 110 Å².